The Bertz CT molecular complexity index is 3820. The molecular formula is C69H94N12O10S. The number of sulfonamides is 1. The van der Waals surface area contributed by atoms with E-state index in [9.17, 15) is 22.8 Å². The number of rotatable bonds is 31. The van der Waals surface area contributed by atoms with Crippen molar-refractivity contribution < 1.29 is 46.5 Å². The van der Waals surface area contributed by atoms with E-state index in [2.05, 4.69) is 80.8 Å². The molecule has 0 aliphatic rings. The molecule has 8 rings (SSSR count). The third-order valence-electron chi connectivity index (χ3n) is 15.1. The highest BCUT2D eigenvalue weighted by molar-refractivity contribution is 7.92. The third kappa shape index (κ3) is 20.5. The molecule has 23 heteroatoms. The molecular weight excluding hydrogens is 1190 g/mol. The monoisotopic (exact) mass is 1280 g/mol. The molecule has 0 fully saturated rings. The number of aromatic nitrogens is 7. The van der Waals surface area contributed by atoms with Crippen LogP contribution in [0.15, 0.2) is 84.9 Å². The quantitative estimate of drug-likeness (QED) is 0.0234. The predicted octanol–water partition coefficient (Wildman–Crippen LogP) is 14.8. The molecule has 0 bridgehead atoms. The summed E-state index contributed by atoms with van der Waals surface area (Å²) < 4.78 is 57.6. The molecule has 4 aromatic carbocycles. The maximum Gasteiger partial charge on any atom is 0.415 e. The molecule has 8 aromatic rings. The van der Waals surface area contributed by atoms with E-state index in [4.69, 9.17) is 30.3 Å². The minimum Gasteiger partial charge on any atom is -0.497 e. The molecule has 22 nitrogen and oxygen atoms in total. The zero-order chi connectivity index (χ0) is 66.9. The Balaban J connectivity index is 0.000000256. The van der Waals surface area contributed by atoms with Crippen LogP contribution in [0.4, 0.5) is 16.2 Å². The van der Waals surface area contributed by atoms with Crippen LogP contribution in [0, 0.1) is 27.3 Å². The van der Waals surface area contributed by atoms with Gasteiger partial charge in [-0.2, -0.15) is 0 Å². The summed E-state index contributed by atoms with van der Waals surface area (Å²) in [6.45, 7) is 26.7. The fourth-order valence-corrected chi connectivity index (χ4v) is 10.6. The Morgan fingerprint density at radius 3 is 1.96 bits per heavy atom. The normalized spacial score (nSPS) is 11.1. The van der Waals surface area contributed by atoms with E-state index >= 15 is 0 Å². The predicted molar refractivity (Wildman–Crippen MR) is 362 cm³/mol. The van der Waals surface area contributed by atoms with Crippen LogP contribution in [0.5, 0.6) is 34.6 Å². The number of para-hydroxylation sites is 1. The number of nitrogens with zero attached hydrogens (tertiary/aromatic N) is 8. The van der Waals surface area contributed by atoms with Gasteiger partial charge in [-0.3, -0.25) is 24.5 Å². The number of amides is 3. The van der Waals surface area contributed by atoms with Gasteiger partial charge in [0.15, 0.2) is 23.0 Å². The molecule has 4 aromatic heterocycles. The van der Waals surface area contributed by atoms with E-state index in [0.29, 0.717) is 54.5 Å². The van der Waals surface area contributed by atoms with E-state index in [1.807, 2.05) is 51.1 Å². The minimum absolute atomic E-state index is 0.0164. The molecule has 496 valence electrons. The lowest BCUT2D eigenvalue weighted by Gasteiger charge is -2.22. The maximum atomic E-state index is 13.7. The summed E-state index contributed by atoms with van der Waals surface area (Å²) in [5.74, 6) is 4.39. The van der Waals surface area contributed by atoms with Crippen molar-refractivity contribution in [3.63, 3.8) is 0 Å². The summed E-state index contributed by atoms with van der Waals surface area (Å²) >= 11 is 0. The number of benzene rings is 4. The van der Waals surface area contributed by atoms with Gasteiger partial charge in [0.05, 0.1) is 50.6 Å². The minimum atomic E-state index is -3.60. The number of nitrogens with one attached hydrogen (secondary N) is 4. The average molecular weight is 1280 g/mol. The lowest BCUT2D eigenvalue weighted by molar-refractivity contribution is 0.0829. The lowest BCUT2D eigenvalue weighted by Crippen LogP contribution is -2.35. The molecule has 0 atom stereocenters. The van der Waals surface area contributed by atoms with Crippen molar-refractivity contribution in [2.75, 3.05) is 65.5 Å². The second-order valence-electron chi connectivity index (χ2n) is 23.2. The van der Waals surface area contributed by atoms with Gasteiger partial charge in [-0.1, -0.05) is 129 Å². The molecule has 0 saturated carbocycles. The van der Waals surface area contributed by atoms with Crippen molar-refractivity contribution in [3.8, 4) is 46.0 Å². The molecule has 0 radical (unpaired) electrons. The van der Waals surface area contributed by atoms with Gasteiger partial charge in [-0.15, -0.1) is 9.73 Å². The number of fused-ring (bicyclic) bond motifs is 2. The maximum absolute atomic E-state index is 13.7. The van der Waals surface area contributed by atoms with Gasteiger partial charge in [0.25, 0.3) is 11.6 Å². The summed E-state index contributed by atoms with van der Waals surface area (Å²) in [4.78, 5) is 55.5. The molecule has 4 heterocycles. The van der Waals surface area contributed by atoms with Gasteiger partial charge < -0.3 is 38.8 Å². The smallest absolute Gasteiger partial charge is 0.415 e. The molecule has 0 spiro atoms. The van der Waals surface area contributed by atoms with Crippen molar-refractivity contribution in [2.24, 2.45) is 0 Å². The van der Waals surface area contributed by atoms with Gasteiger partial charge in [0.1, 0.15) is 23.0 Å². The number of H-pyrrole nitrogens is 2. The van der Waals surface area contributed by atoms with Crippen LogP contribution >= 0.6 is 0 Å². The second-order valence-corrected chi connectivity index (χ2v) is 25.0. The molecule has 4 N–H and O–H groups in total. The lowest BCUT2D eigenvalue weighted by atomic mass is 10.1. The summed E-state index contributed by atoms with van der Waals surface area (Å²) in [7, 11) is 2.84. The number of hydrogen-bond donors (Lipinski definition) is 4. The first-order valence-electron chi connectivity index (χ1n) is 31.8. The number of unbranched alkanes of at least 4 members (excludes halogenated alkanes) is 10. The first kappa shape index (κ1) is 72.0. The zero-order valence-electron chi connectivity index (χ0n) is 56.0. The number of ether oxygens (including phenoxy) is 5. The summed E-state index contributed by atoms with van der Waals surface area (Å²) in [6.07, 6.45) is 14.9. The highest BCUT2D eigenvalue weighted by Crippen LogP contribution is 2.40. The van der Waals surface area contributed by atoms with E-state index in [0.717, 1.165) is 97.5 Å². The largest absolute Gasteiger partial charge is 0.497 e. The number of anilines is 1. The standard InChI is InChI=1S/C33H49N7O5S.C27H33N5O3.C9H12O2/c1-7-9-11-13-15-19-23-39(24-20-16-14-12-10-8-2)33(42)45-32-28(34-3)27(31(41)38(4)5)30-35-29(36-40(30)32)25-21-17-18-22-26(25)37-46(6,43)44;1-6-22-24(26-29-25(17(2)3)31-32(26)30-22)35-21-11-9-20(10-12-21)27(33)28-14-7-15-34-23-13-8-18(4)16-19(23)5;1-7-6-8(10-2)4-5-9(7)11-3/h17-18,21-22,37H,7-16,19-20,23-24H2,1-2,4-6H3,(H,35,36);8-13,16-17,30H,6-7,14-15H2,1-5H3,(H,28,33);4-6H,1-3H3. The first-order chi connectivity index (χ1) is 44.1. The molecule has 0 aliphatic heterocycles. The van der Waals surface area contributed by atoms with Crippen LogP contribution in [0.2, 0.25) is 0 Å². The van der Waals surface area contributed by atoms with Gasteiger partial charge >= 0.3 is 6.09 Å². The fraction of sp³-hybridized carbons (Fsp3) is 0.464. The van der Waals surface area contributed by atoms with E-state index < -0.39 is 22.0 Å². The van der Waals surface area contributed by atoms with Crippen LogP contribution < -0.4 is 33.7 Å². The summed E-state index contributed by atoms with van der Waals surface area (Å²) in [6, 6.07) is 25.6. The molecule has 3 amide bonds. The van der Waals surface area contributed by atoms with Crippen LogP contribution in [0.25, 0.3) is 27.5 Å². The van der Waals surface area contributed by atoms with E-state index in [1.165, 1.54) is 53.5 Å². The molecule has 92 heavy (non-hydrogen) atoms. The van der Waals surface area contributed by atoms with Crippen LogP contribution in [0.3, 0.4) is 0 Å². The fourth-order valence-electron chi connectivity index (χ4n) is 10.0. The van der Waals surface area contributed by atoms with E-state index in [1.54, 1.807) is 86.4 Å². The topological polar surface area (TPSA) is 245 Å². The zero-order valence-corrected chi connectivity index (χ0v) is 56.8. The number of aromatic amines is 2. The summed E-state index contributed by atoms with van der Waals surface area (Å²) in [5, 5.41) is 13.7. The Labute approximate surface area is 542 Å². The Kier molecular flexibility index (Phi) is 27.8. The van der Waals surface area contributed by atoms with Crippen molar-refractivity contribution >= 4 is 50.6 Å². The molecule has 0 aliphatic carbocycles. The van der Waals surface area contributed by atoms with Crippen molar-refractivity contribution in [2.45, 2.75) is 151 Å². The van der Waals surface area contributed by atoms with Gasteiger partial charge in [-0.25, -0.2) is 32.5 Å². The number of carbonyl (C=O) groups is 3. The van der Waals surface area contributed by atoms with Crippen molar-refractivity contribution in [3.05, 3.63) is 136 Å². The van der Waals surface area contributed by atoms with Gasteiger partial charge in [0, 0.05) is 50.8 Å². The Morgan fingerprint density at radius 1 is 0.739 bits per heavy atom. The summed E-state index contributed by atoms with van der Waals surface area (Å²) in [5.41, 5.74) is 6.21. The van der Waals surface area contributed by atoms with Gasteiger partial charge in [-0.05, 0) is 118 Å². The Hall–Kier alpha value is -9.04. The van der Waals surface area contributed by atoms with Crippen LogP contribution in [-0.2, 0) is 16.4 Å². The second kappa shape index (κ2) is 35.5. The van der Waals surface area contributed by atoms with Gasteiger partial charge in [0.2, 0.25) is 27.5 Å². The number of aryl methyl sites for hydroxylation is 4. The van der Waals surface area contributed by atoms with Crippen molar-refractivity contribution in [1.29, 1.82) is 0 Å². The molecule has 0 unspecified atom stereocenters. The number of methoxy groups -OCH3 is 2. The van der Waals surface area contributed by atoms with Crippen LogP contribution in [0.1, 0.15) is 173 Å². The highest BCUT2D eigenvalue weighted by atomic mass is 32.2. The third-order valence-corrected chi connectivity index (χ3v) is 15.7. The number of carbonyl (C=O) groups excluding carboxylic acids is 3. The van der Waals surface area contributed by atoms with Crippen molar-refractivity contribution in [1.82, 2.24) is 49.5 Å². The van der Waals surface area contributed by atoms with E-state index in [-0.39, 0.29) is 46.1 Å². The highest BCUT2D eigenvalue weighted by Gasteiger charge is 2.32. The Morgan fingerprint density at radius 2 is 1.37 bits per heavy atom. The van der Waals surface area contributed by atoms with Crippen LogP contribution in [-0.4, -0.2) is 131 Å². The SMILES string of the molecule is CCc1[nH]n2nc(C(C)C)nc2c1Oc1ccc(C(=O)NCCCOc2ccc(C)cc2C)cc1.COc1ccc(OC)c(C)c1.[C-]#[N+]c1c(C(=O)N(C)C)c2nc(-c3ccccc3NS(C)(=O)=O)[nH]n2c1OC(=O)N(CCCCCCCC)CCCCCCCC. The average Bonchev–Trinajstić information content (AvgIpc) is 1.60. The first-order valence-corrected chi connectivity index (χ1v) is 33.7. The molecule has 0 saturated heterocycles. The number of hydrogen-bond acceptors (Lipinski definition) is 13.